The number of halogens is 1. The van der Waals surface area contributed by atoms with Gasteiger partial charge in [0.1, 0.15) is 5.82 Å². The van der Waals surface area contributed by atoms with E-state index in [1.165, 1.54) is 11.6 Å². The molecule has 1 unspecified atom stereocenters. The zero-order chi connectivity index (χ0) is 16.1. The monoisotopic (exact) mass is 315 g/mol. The van der Waals surface area contributed by atoms with Gasteiger partial charge in [0.2, 0.25) is 0 Å². The quantitative estimate of drug-likeness (QED) is 0.917. The minimum absolute atomic E-state index is 0.337. The summed E-state index contributed by atoms with van der Waals surface area (Å²) in [5, 5.41) is 10.3. The Labute approximate surface area is 136 Å². The lowest BCUT2D eigenvalue weighted by Crippen LogP contribution is -2.47. The van der Waals surface area contributed by atoms with Gasteiger partial charge in [0.15, 0.2) is 0 Å². The molecule has 122 valence electrons. The van der Waals surface area contributed by atoms with Gasteiger partial charge >= 0.3 is 0 Å². The van der Waals surface area contributed by atoms with Crippen LogP contribution in [-0.2, 0) is 6.54 Å². The van der Waals surface area contributed by atoms with Crippen molar-refractivity contribution in [3.63, 3.8) is 0 Å². The Kier molecular flexibility index (Phi) is 5.33. The fourth-order valence-electron chi connectivity index (χ4n) is 2.96. The third kappa shape index (κ3) is 4.34. The number of pyridine rings is 1. The smallest absolute Gasteiger partial charge is 0.129 e. The third-order valence-corrected chi connectivity index (χ3v) is 4.32. The number of β-amino-alcohol motifs (C(OH)–C–C–N with tert-alkyl or cyclic N) is 1. The van der Waals surface area contributed by atoms with Gasteiger partial charge < -0.3 is 5.11 Å². The highest BCUT2D eigenvalue weighted by molar-refractivity contribution is 5.20. The molecule has 0 spiro atoms. The molecule has 0 amide bonds. The Bertz CT molecular complexity index is 615. The number of nitrogens with zero attached hydrogens (tertiary/aromatic N) is 3. The highest BCUT2D eigenvalue weighted by Gasteiger charge is 2.21. The zero-order valence-electron chi connectivity index (χ0n) is 13.1. The molecule has 3 rings (SSSR count). The molecule has 1 fully saturated rings. The molecule has 1 aromatic carbocycles. The summed E-state index contributed by atoms with van der Waals surface area (Å²) in [6.07, 6.45) is 2.86. The van der Waals surface area contributed by atoms with Crippen LogP contribution < -0.4 is 0 Å². The average Bonchev–Trinajstić information content (AvgIpc) is 2.58. The third-order valence-electron chi connectivity index (χ3n) is 4.32. The Balaban J connectivity index is 1.48. The van der Waals surface area contributed by atoms with Gasteiger partial charge in [0.25, 0.3) is 0 Å². The van der Waals surface area contributed by atoms with Crippen molar-refractivity contribution in [2.45, 2.75) is 12.6 Å². The van der Waals surface area contributed by atoms with E-state index in [4.69, 9.17) is 0 Å². The van der Waals surface area contributed by atoms with Crippen molar-refractivity contribution in [3.05, 3.63) is 65.7 Å². The molecule has 4 nitrogen and oxygen atoms in total. The van der Waals surface area contributed by atoms with Crippen LogP contribution in [0.5, 0.6) is 0 Å². The van der Waals surface area contributed by atoms with Crippen LogP contribution in [0.4, 0.5) is 4.39 Å². The van der Waals surface area contributed by atoms with E-state index in [2.05, 4.69) is 14.8 Å². The summed E-state index contributed by atoms with van der Waals surface area (Å²) < 4.78 is 13.7. The van der Waals surface area contributed by atoms with E-state index in [1.54, 1.807) is 18.2 Å². The summed E-state index contributed by atoms with van der Waals surface area (Å²) in [7, 11) is 0. The zero-order valence-corrected chi connectivity index (χ0v) is 13.1. The molecule has 1 aliphatic heterocycles. The SMILES string of the molecule is OC(CN1CCN(Cc2ccncc2)CC1)c1ccccc1F. The maximum absolute atomic E-state index is 13.7. The van der Waals surface area contributed by atoms with Gasteiger partial charge in [-0.15, -0.1) is 0 Å². The van der Waals surface area contributed by atoms with E-state index in [0.717, 1.165) is 32.7 Å². The standard InChI is InChI=1S/C18H22FN3O/c19-17-4-2-1-3-16(17)18(23)14-22-11-9-21(10-12-22)13-15-5-7-20-8-6-15/h1-8,18,23H,9-14H2. The average molecular weight is 315 g/mol. The first kappa shape index (κ1) is 16.1. The van der Waals surface area contributed by atoms with Crippen LogP contribution in [0.25, 0.3) is 0 Å². The van der Waals surface area contributed by atoms with E-state index in [9.17, 15) is 9.50 Å². The predicted molar refractivity (Wildman–Crippen MR) is 87.3 cm³/mol. The first-order chi connectivity index (χ1) is 11.2. The summed E-state index contributed by atoms with van der Waals surface area (Å²) in [4.78, 5) is 8.62. The second-order valence-corrected chi connectivity index (χ2v) is 5.97. The molecule has 23 heavy (non-hydrogen) atoms. The van der Waals surface area contributed by atoms with E-state index >= 15 is 0 Å². The number of hydrogen-bond donors (Lipinski definition) is 1. The molecule has 1 aliphatic rings. The van der Waals surface area contributed by atoms with Crippen LogP contribution in [-0.4, -0.2) is 52.6 Å². The number of hydrogen-bond acceptors (Lipinski definition) is 4. The van der Waals surface area contributed by atoms with Gasteiger partial charge in [-0.05, 0) is 23.8 Å². The van der Waals surface area contributed by atoms with Crippen molar-refractivity contribution in [2.75, 3.05) is 32.7 Å². The largest absolute Gasteiger partial charge is 0.387 e. The van der Waals surface area contributed by atoms with E-state index < -0.39 is 6.10 Å². The molecule has 1 aromatic heterocycles. The Morgan fingerprint density at radius 2 is 1.65 bits per heavy atom. The summed E-state index contributed by atoms with van der Waals surface area (Å²) in [5.41, 5.74) is 1.64. The van der Waals surface area contributed by atoms with Gasteiger partial charge in [-0.25, -0.2) is 4.39 Å². The van der Waals surface area contributed by atoms with E-state index in [-0.39, 0.29) is 5.82 Å². The maximum atomic E-state index is 13.7. The number of aliphatic hydroxyl groups is 1. The highest BCUT2D eigenvalue weighted by Crippen LogP contribution is 2.18. The van der Waals surface area contributed by atoms with Crippen molar-refractivity contribution in [1.29, 1.82) is 0 Å². The van der Waals surface area contributed by atoms with E-state index in [0.29, 0.717) is 12.1 Å². The molecule has 0 saturated carbocycles. The molecule has 2 heterocycles. The first-order valence-corrected chi connectivity index (χ1v) is 7.98. The fourth-order valence-corrected chi connectivity index (χ4v) is 2.96. The number of rotatable bonds is 5. The molecule has 0 aliphatic carbocycles. The number of aliphatic hydroxyl groups excluding tert-OH is 1. The lowest BCUT2D eigenvalue weighted by molar-refractivity contribution is 0.0685. The molecular formula is C18H22FN3O. The van der Waals surface area contributed by atoms with Crippen molar-refractivity contribution < 1.29 is 9.50 Å². The maximum Gasteiger partial charge on any atom is 0.129 e. The second-order valence-electron chi connectivity index (χ2n) is 5.97. The minimum atomic E-state index is -0.775. The lowest BCUT2D eigenvalue weighted by Gasteiger charge is -2.35. The van der Waals surface area contributed by atoms with E-state index in [1.807, 2.05) is 24.5 Å². The topological polar surface area (TPSA) is 39.6 Å². The van der Waals surface area contributed by atoms with Crippen molar-refractivity contribution in [3.8, 4) is 0 Å². The van der Waals surface area contributed by atoms with Crippen molar-refractivity contribution in [1.82, 2.24) is 14.8 Å². The van der Waals surface area contributed by atoms with Crippen LogP contribution in [0.3, 0.4) is 0 Å². The molecule has 1 atom stereocenters. The summed E-state index contributed by atoms with van der Waals surface area (Å²) >= 11 is 0. The van der Waals surface area contributed by atoms with Gasteiger partial charge in [-0.2, -0.15) is 0 Å². The number of piperazine rings is 1. The molecule has 1 saturated heterocycles. The van der Waals surface area contributed by atoms with Gasteiger partial charge in [0, 0.05) is 57.2 Å². The van der Waals surface area contributed by atoms with Crippen molar-refractivity contribution >= 4 is 0 Å². The van der Waals surface area contributed by atoms with Gasteiger partial charge in [-0.3, -0.25) is 14.8 Å². The Morgan fingerprint density at radius 3 is 2.35 bits per heavy atom. The summed E-state index contributed by atoms with van der Waals surface area (Å²) in [6, 6.07) is 10.5. The Hall–Kier alpha value is -1.82. The highest BCUT2D eigenvalue weighted by atomic mass is 19.1. The lowest BCUT2D eigenvalue weighted by atomic mass is 10.1. The molecule has 5 heteroatoms. The normalized spacial score (nSPS) is 18.0. The van der Waals surface area contributed by atoms with Gasteiger partial charge in [-0.1, -0.05) is 18.2 Å². The Morgan fingerprint density at radius 1 is 1.00 bits per heavy atom. The predicted octanol–water partition coefficient (Wildman–Crippen LogP) is 2.07. The molecule has 1 N–H and O–H groups in total. The molecule has 0 bridgehead atoms. The first-order valence-electron chi connectivity index (χ1n) is 7.98. The van der Waals surface area contributed by atoms with Gasteiger partial charge in [0.05, 0.1) is 6.10 Å². The summed E-state index contributed by atoms with van der Waals surface area (Å²) in [6.45, 7) is 5.07. The molecule has 0 radical (unpaired) electrons. The number of benzene rings is 1. The van der Waals surface area contributed by atoms with Crippen LogP contribution >= 0.6 is 0 Å². The number of aromatic nitrogens is 1. The van der Waals surface area contributed by atoms with Crippen LogP contribution in [0, 0.1) is 5.82 Å². The molecule has 2 aromatic rings. The van der Waals surface area contributed by atoms with Crippen molar-refractivity contribution in [2.24, 2.45) is 0 Å². The van der Waals surface area contributed by atoms with Crippen LogP contribution in [0.1, 0.15) is 17.2 Å². The minimum Gasteiger partial charge on any atom is -0.387 e. The summed E-state index contributed by atoms with van der Waals surface area (Å²) in [5.74, 6) is -0.337. The molecular weight excluding hydrogens is 293 g/mol. The van der Waals surface area contributed by atoms with Crippen LogP contribution in [0.15, 0.2) is 48.8 Å². The second kappa shape index (κ2) is 7.64. The van der Waals surface area contributed by atoms with Crippen LogP contribution in [0.2, 0.25) is 0 Å². The fraction of sp³-hybridized carbons (Fsp3) is 0.389.